The third-order valence-electron chi connectivity index (χ3n) is 5.57. The number of likely N-dealkylation sites (tertiary alicyclic amines) is 1. The maximum absolute atomic E-state index is 13.7. The van der Waals surface area contributed by atoms with Crippen molar-refractivity contribution in [3.8, 4) is 0 Å². The Labute approximate surface area is 159 Å². The van der Waals surface area contributed by atoms with E-state index in [9.17, 15) is 18.8 Å². The van der Waals surface area contributed by atoms with Gasteiger partial charge in [0.2, 0.25) is 11.8 Å². The molecule has 3 rings (SSSR count). The predicted octanol–water partition coefficient (Wildman–Crippen LogP) is 3.23. The van der Waals surface area contributed by atoms with Crippen LogP contribution in [0.1, 0.15) is 68.1 Å². The molecule has 5 nitrogen and oxygen atoms in total. The van der Waals surface area contributed by atoms with Crippen molar-refractivity contribution < 1.29 is 18.8 Å². The van der Waals surface area contributed by atoms with Crippen LogP contribution in [0.5, 0.6) is 0 Å². The molecule has 1 aromatic rings. The van der Waals surface area contributed by atoms with Crippen LogP contribution in [0.3, 0.4) is 0 Å². The zero-order valence-electron chi connectivity index (χ0n) is 15.6. The number of carbonyl (C=O) groups is 3. The standard InChI is InChI=1S/C21H27FN2O3/c22-17-10-5-4-9-16(17)19(25)12-13-20(26)24-14-6-11-18(24)21(27)23-15-7-2-1-3-8-15/h4-5,9-10,15,18H,1-3,6-8,11-14H2,(H,23,27). The van der Waals surface area contributed by atoms with Crippen LogP contribution in [0.25, 0.3) is 0 Å². The quantitative estimate of drug-likeness (QED) is 0.778. The molecule has 1 aliphatic heterocycles. The number of rotatable bonds is 6. The first-order valence-corrected chi connectivity index (χ1v) is 9.94. The summed E-state index contributed by atoms with van der Waals surface area (Å²) in [6.07, 6.45) is 6.89. The predicted molar refractivity (Wildman–Crippen MR) is 99.7 cm³/mol. The highest BCUT2D eigenvalue weighted by Gasteiger charge is 2.35. The van der Waals surface area contributed by atoms with Crippen LogP contribution in [0, 0.1) is 5.82 Å². The summed E-state index contributed by atoms with van der Waals surface area (Å²) in [4.78, 5) is 38.9. The van der Waals surface area contributed by atoms with Crippen molar-refractivity contribution in [2.45, 2.75) is 69.9 Å². The number of nitrogens with zero attached hydrogens (tertiary/aromatic N) is 1. The van der Waals surface area contributed by atoms with Gasteiger partial charge in [-0.3, -0.25) is 14.4 Å². The van der Waals surface area contributed by atoms with Crippen LogP contribution >= 0.6 is 0 Å². The molecule has 6 heteroatoms. The molecule has 1 saturated heterocycles. The molecule has 1 saturated carbocycles. The first-order valence-electron chi connectivity index (χ1n) is 9.94. The summed E-state index contributed by atoms with van der Waals surface area (Å²) in [6.45, 7) is 0.537. The number of amides is 2. The van der Waals surface area contributed by atoms with Gasteiger partial charge in [0.05, 0.1) is 5.56 Å². The number of ketones is 1. The Morgan fingerprint density at radius 1 is 1.00 bits per heavy atom. The molecule has 0 spiro atoms. The Morgan fingerprint density at radius 2 is 1.74 bits per heavy atom. The number of benzene rings is 1. The Morgan fingerprint density at radius 3 is 2.48 bits per heavy atom. The van der Waals surface area contributed by atoms with Gasteiger partial charge in [0.1, 0.15) is 11.9 Å². The third kappa shape index (κ3) is 4.93. The van der Waals surface area contributed by atoms with Gasteiger partial charge in [-0.25, -0.2) is 4.39 Å². The molecule has 27 heavy (non-hydrogen) atoms. The summed E-state index contributed by atoms with van der Waals surface area (Å²) in [5.41, 5.74) is 0.0123. The van der Waals surface area contributed by atoms with Gasteiger partial charge in [0, 0.05) is 25.4 Å². The van der Waals surface area contributed by atoms with Crippen molar-refractivity contribution in [3.05, 3.63) is 35.6 Å². The molecule has 1 atom stereocenters. The second kappa shape index (κ2) is 9.11. The van der Waals surface area contributed by atoms with Crippen molar-refractivity contribution in [2.24, 2.45) is 0 Å². The monoisotopic (exact) mass is 374 g/mol. The lowest BCUT2D eigenvalue weighted by Gasteiger charge is -2.28. The summed E-state index contributed by atoms with van der Waals surface area (Å²) in [5.74, 6) is -1.24. The molecule has 1 heterocycles. The third-order valence-corrected chi connectivity index (χ3v) is 5.57. The first-order chi connectivity index (χ1) is 13.1. The summed E-state index contributed by atoms with van der Waals surface area (Å²) >= 11 is 0. The lowest BCUT2D eigenvalue weighted by molar-refractivity contribution is -0.138. The Kier molecular flexibility index (Phi) is 6.58. The van der Waals surface area contributed by atoms with E-state index in [0.717, 1.165) is 32.1 Å². The SMILES string of the molecule is O=C(CCC(=O)N1CCCC1C(=O)NC1CCCCC1)c1ccccc1F. The highest BCUT2D eigenvalue weighted by Crippen LogP contribution is 2.22. The van der Waals surface area contributed by atoms with Crippen molar-refractivity contribution >= 4 is 17.6 Å². The maximum atomic E-state index is 13.7. The lowest BCUT2D eigenvalue weighted by atomic mass is 9.95. The largest absolute Gasteiger partial charge is 0.352 e. The number of halogens is 1. The zero-order valence-corrected chi connectivity index (χ0v) is 15.6. The molecule has 0 aromatic heterocycles. The van der Waals surface area contributed by atoms with Crippen molar-refractivity contribution in [2.75, 3.05) is 6.54 Å². The Balaban J connectivity index is 1.53. The van der Waals surface area contributed by atoms with Crippen LogP contribution in [0.2, 0.25) is 0 Å². The smallest absolute Gasteiger partial charge is 0.243 e. The van der Waals surface area contributed by atoms with E-state index < -0.39 is 11.9 Å². The highest BCUT2D eigenvalue weighted by atomic mass is 19.1. The topological polar surface area (TPSA) is 66.5 Å². The number of carbonyl (C=O) groups excluding carboxylic acids is 3. The molecule has 0 radical (unpaired) electrons. The molecule has 2 fully saturated rings. The normalized spacial score (nSPS) is 20.5. The number of hydrogen-bond donors (Lipinski definition) is 1. The molecule has 0 bridgehead atoms. The molecule has 1 aromatic carbocycles. The number of nitrogens with one attached hydrogen (secondary N) is 1. The van der Waals surface area contributed by atoms with Gasteiger partial charge in [0.15, 0.2) is 5.78 Å². The van der Waals surface area contributed by atoms with E-state index in [4.69, 9.17) is 0 Å². The second-order valence-corrected chi connectivity index (χ2v) is 7.49. The van der Waals surface area contributed by atoms with E-state index in [1.165, 1.54) is 24.6 Å². The summed E-state index contributed by atoms with van der Waals surface area (Å²) in [5, 5.41) is 3.09. The van der Waals surface area contributed by atoms with Gasteiger partial charge in [-0.05, 0) is 37.8 Å². The van der Waals surface area contributed by atoms with E-state index in [2.05, 4.69) is 5.32 Å². The highest BCUT2D eigenvalue weighted by molar-refractivity contribution is 5.98. The van der Waals surface area contributed by atoms with Gasteiger partial charge in [-0.1, -0.05) is 31.4 Å². The molecular formula is C21H27FN2O3. The van der Waals surface area contributed by atoms with Gasteiger partial charge >= 0.3 is 0 Å². The summed E-state index contributed by atoms with van der Waals surface area (Å²) < 4.78 is 13.7. The van der Waals surface area contributed by atoms with E-state index in [1.54, 1.807) is 11.0 Å². The molecule has 2 amide bonds. The van der Waals surface area contributed by atoms with E-state index in [-0.39, 0.29) is 42.0 Å². The fourth-order valence-electron chi connectivity index (χ4n) is 4.07. The maximum Gasteiger partial charge on any atom is 0.243 e. The average Bonchev–Trinajstić information content (AvgIpc) is 3.17. The van der Waals surface area contributed by atoms with E-state index in [1.807, 2.05) is 0 Å². The number of Topliss-reactive ketones (excluding diaryl/α,β-unsaturated/α-hetero) is 1. The van der Waals surface area contributed by atoms with Gasteiger partial charge in [-0.15, -0.1) is 0 Å². The molecule has 1 unspecified atom stereocenters. The van der Waals surface area contributed by atoms with Gasteiger partial charge in [-0.2, -0.15) is 0 Å². The fourth-order valence-corrected chi connectivity index (χ4v) is 4.07. The molecule has 1 N–H and O–H groups in total. The number of hydrogen-bond acceptors (Lipinski definition) is 3. The van der Waals surface area contributed by atoms with Crippen molar-refractivity contribution in [3.63, 3.8) is 0 Å². The van der Waals surface area contributed by atoms with Gasteiger partial charge in [0.25, 0.3) is 0 Å². The molecule has 2 aliphatic rings. The van der Waals surface area contributed by atoms with Crippen molar-refractivity contribution in [1.29, 1.82) is 0 Å². The first kappa shape index (κ1) is 19.5. The van der Waals surface area contributed by atoms with E-state index >= 15 is 0 Å². The minimum atomic E-state index is -0.569. The second-order valence-electron chi connectivity index (χ2n) is 7.49. The molecule has 1 aliphatic carbocycles. The van der Waals surface area contributed by atoms with Crippen LogP contribution in [0.15, 0.2) is 24.3 Å². The summed E-state index contributed by atoms with van der Waals surface area (Å²) in [6, 6.07) is 5.57. The average molecular weight is 374 g/mol. The van der Waals surface area contributed by atoms with Crippen LogP contribution in [-0.4, -0.2) is 41.1 Å². The van der Waals surface area contributed by atoms with E-state index in [0.29, 0.717) is 13.0 Å². The Bertz CT molecular complexity index is 700. The van der Waals surface area contributed by atoms with Crippen LogP contribution < -0.4 is 5.32 Å². The van der Waals surface area contributed by atoms with Gasteiger partial charge < -0.3 is 10.2 Å². The zero-order chi connectivity index (χ0) is 19.2. The Hall–Kier alpha value is -2.24. The molecular weight excluding hydrogens is 347 g/mol. The molecule has 146 valence electrons. The lowest BCUT2D eigenvalue weighted by Crippen LogP contribution is -2.49. The van der Waals surface area contributed by atoms with Crippen LogP contribution in [0.4, 0.5) is 4.39 Å². The fraction of sp³-hybridized carbons (Fsp3) is 0.571. The van der Waals surface area contributed by atoms with Crippen molar-refractivity contribution in [1.82, 2.24) is 10.2 Å². The van der Waals surface area contributed by atoms with Crippen LogP contribution in [-0.2, 0) is 9.59 Å². The summed E-state index contributed by atoms with van der Waals surface area (Å²) in [7, 11) is 0. The minimum Gasteiger partial charge on any atom is -0.352 e. The minimum absolute atomic E-state index is 0.000373.